The molecule has 0 unspecified atom stereocenters. The summed E-state index contributed by atoms with van der Waals surface area (Å²) < 4.78 is 67.0. The van der Waals surface area contributed by atoms with Crippen molar-refractivity contribution in [2.75, 3.05) is 6.61 Å². The van der Waals surface area contributed by atoms with Crippen LogP contribution in [0, 0.1) is 11.6 Å². The van der Waals surface area contributed by atoms with Gasteiger partial charge in [-0.25, -0.2) is 18.7 Å². The van der Waals surface area contributed by atoms with Crippen LogP contribution in [0.1, 0.15) is 15.9 Å². The molecule has 0 saturated heterocycles. The number of hydrogen-bond donors (Lipinski definition) is 0. The molecule has 2 aromatic rings. The van der Waals surface area contributed by atoms with Gasteiger partial charge in [-0.3, -0.25) is 4.79 Å². The van der Waals surface area contributed by atoms with Crippen molar-refractivity contribution in [3.8, 4) is 6.01 Å². The molecular formula is C13H6ClF5N2O2. The van der Waals surface area contributed by atoms with E-state index in [0.717, 1.165) is 24.5 Å². The van der Waals surface area contributed by atoms with Crippen molar-refractivity contribution in [2.24, 2.45) is 0 Å². The zero-order chi connectivity index (χ0) is 17.2. The second-order valence-electron chi connectivity index (χ2n) is 4.21. The SMILES string of the molecule is O=C(c1cnc(OCC(F)(F)F)nc1)c1ccc(F)c(Cl)c1F. The first-order valence-electron chi connectivity index (χ1n) is 5.89. The Hall–Kier alpha value is -2.29. The summed E-state index contributed by atoms with van der Waals surface area (Å²) in [5, 5.41) is -0.845. The molecule has 0 atom stereocenters. The number of halogens is 6. The van der Waals surface area contributed by atoms with Crippen LogP contribution in [0.4, 0.5) is 22.0 Å². The number of nitrogens with zero attached hydrogens (tertiary/aromatic N) is 2. The van der Waals surface area contributed by atoms with Gasteiger partial charge >= 0.3 is 12.2 Å². The Labute approximate surface area is 130 Å². The van der Waals surface area contributed by atoms with Crippen molar-refractivity contribution in [3.05, 3.63) is 52.3 Å². The molecule has 1 aromatic carbocycles. The molecule has 1 heterocycles. The molecule has 0 amide bonds. The average molecular weight is 353 g/mol. The molecule has 0 spiro atoms. The first-order chi connectivity index (χ1) is 10.7. The van der Waals surface area contributed by atoms with E-state index < -0.39 is 46.8 Å². The fourth-order valence-corrected chi connectivity index (χ4v) is 1.68. The zero-order valence-electron chi connectivity index (χ0n) is 11.0. The number of rotatable bonds is 4. The number of aromatic nitrogens is 2. The standard InChI is InChI=1S/C13H6ClF5N2O2/c14-9-8(15)2-1-7(10(9)16)11(22)6-3-20-12(21-4-6)23-5-13(17,18)19/h1-4H,5H2. The van der Waals surface area contributed by atoms with E-state index in [1.165, 1.54) is 0 Å². The lowest BCUT2D eigenvalue weighted by molar-refractivity contribution is -0.154. The number of ketones is 1. The van der Waals surface area contributed by atoms with Gasteiger partial charge in [0.25, 0.3) is 0 Å². The van der Waals surface area contributed by atoms with Gasteiger partial charge in [-0.15, -0.1) is 0 Å². The van der Waals surface area contributed by atoms with Crippen molar-refractivity contribution in [2.45, 2.75) is 6.18 Å². The number of benzene rings is 1. The Morgan fingerprint density at radius 1 is 1.17 bits per heavy atom. The number of ether oxygens (including phenoxy) is 1. The normalized spacial score (nSPS) is 11.4. The van der Waals surface area contributed by atoms with Gasteiger partial charge in [0.05, 0.1) is 11.1 Å². The summed E-state index contributed by atoms with van der Waals surface area (Å²) in [6.45, 7) is -1.59. The molecule has 0 aliphatic rings. The first-order valence-corrected chi connectivity index (χ1v) is 6.26. The summed E-state index contributed by atoms with van der Waals surface area (Å²) in [7, 11) is 0. The molecule has 0 radical (unpaired) electrons. The highest BCUT2D eigenvalue weighted by molar-refractivity contribution is 6.31. The summed E-state index contributed by atoms with van der Waals surface area (Å²) in [6, 6.07) is 1.09. The van der Waals surface area contributed by atoms with Gasteiger partial charge in [-0.1, -0.05) is 11.6 Å². The van der Waals surface area contributed by atoms with Crippen molar-refractivity contribution >= 4 is 17.4 Å². The Bertz CT molecular complexity index is 734. The second kappa shape index (κ2) is 6.45. The van der Waals surface area contributed by atoms with Crippen LogP contribution in [-0.4, -0.2) is 28.5 Å². The summed E-state index contributed by atoms with van der Waals surface area (Å²) >= 11 is 5.36. The lowest BCUT2D eigenvalue weighted by Gasteiger charge is -2.08. The fraction of sp³-hybridized carbons (Fsp3) is 0.154. The van der Waals surface area contributed by atoms with Crippen LogP contribution in [0.15, 0.2) is 24.5 Å². The van der Waals surface area contributed by atoms with Gasteiger partial charge in [0.2, 0.25) is 0 Å². The van der Waals surface area contributed by atoms with Crippen LogP contribution in [0.25, 0.3) is 0 Å². The average Bonchev–Trinajstić information content (AvgIpc) is 2.50. The smallest absolute Gasteiger partial charge is 0.422 e. The third kappa shape index (κ3) is 4.13. The highest BCUT2D eigenvalue weighted by Gasteiger charge is 2.29. The molecule has 122 valence electrons. The molecule has 0 aliphatic carbocycles. The Morgan fingerprint density at radius 2 is 1.78 bits per heavy atom. The predicted molar refractivity (Wildman–Crippen MR) is 68.4 cm³/mol. The lowest BCUT2D eigenvalue weighted by atomic mass is 10.1. The number of hydrogen-bond acceptors (Lipinski definition) is 4. The largest absolute Gasteiger partial charge is 0.454 e. The molecule has 23 heavy (non-hydrogen) atoms. The first kappa shape index (κ1) is 17.1. The molecule has 1 aromatic heterocycles. The van der Waals surface area contributed by atoms with Crippen molar-refractivity contribution < 1.29 is 31.5 Å². The van der Waals surface area contributed by atoms with E-state index in [-0.39, 0.29) is 5.56 Å². The third-order valence-corrected chi connectivity index (χ3v) is 2.88. The molecule has 2 rings (SSSR count). The van der Waals surface area contributed by atoms with Gasteiger partial charge in [-0.2, -0.15) is 13.2 Å². The van der Waals surface area contributed by atoms with E-state index in [0.29, 0.717) is 0 Å². The molecule has 0 saturated carbocycles. The fourth-order valence-electron chi connectivity index (χ4n) is 1.51. The van der Waals surface area contributed by atoms with E-state index >= 15 is 0 Å². The van der Waals surface area contributed by atoms with Crippen LogP contribution >= 0.6 is 11.6 Å². The molecule has 10 heteroatoms. The van der Waals surface area contributed by atoms with Gasteiger partial charge in [0.15, 0.2) is 18.2 Å². The topological polar surface area (TPSA) is 52.1 Å². The number of alkyl halides is 3. The number of carbonyl (C=O) groups excluding carboxylic acids is 1. The van der Waals surface area contributed by atoms with E-state index in [4.69, 9.17) is 11.6 Å². The number of carbonyl (C=O) groups is 1. The lowest BCUT2D eigenvalue weighted by Crippen LogP contribution is -2.20. The maximum atomic E-state index is 13.7. The minimum absolute atomic E-state index is 0.231. The summed E-state index contributed by atoms with van der Waals surface area (Å²) in [5.41, 5.74) is -0.755. The van der Waals surface area contributed by atoms with Gasteiger partial charge in [0, 0.05) is 12.4 Å². The van der Waals surface area contributed by atoms with Gasteiger partial charge < -0.3 is 4.74 Å². The molecule has 0 fully saturated rings. The molecular weight excluding hydrogens is 347 g/mol. The zero-order valence-corrected chi connectivity index (χ0v) is 11.8. The molecule has 0 N–H and O–H groups in total. The van der Waals surface area contributed by atoms with Gasteiger partial charge in [-0.05, 0) is 12.1 Å². The molecule has 4 nitrogen and oxygen atoms in total. The van der Waals surface area contributed by atoms with Crippen LogP contribution < -0.4 is 4.74 Å². The van der Waals surface area contributed by atoms with Crippen molar-refractivity contribution in [1.82, 2.24) is 9.97 Å². The molecule has 0 bridgehead atoms. The minimum Gasteiger partial charge on any atom is -0.454 e. The third-order valence-electron chi connectivity index (χ3n) is 2.54. The van der Waals surface area contributed by atoms with E-state index in [1.807, 2.05) is 0 Å². The van der Waals surface area contributed by atoms with Gasteiger partial charge in [0.1, 0.15) is 10.8 Å². The van der Waals surface area contributed by atoms with E-state index in [2.05, 4.69) is 14.7 Å². The maximum Gasteiger partial charge on any atom is 0.422 e. The van der Waals surface area contributed by atoms with Crippen LogP contribution in [0.5, 0.6) is 6.01 Å². The quantitative estimate of drug-likeness (QED) is 0.479. The van der Waals surface area contributed by atoms with Crippen molar-refractivity contribution in [1.29, 1.82) is 0 Å². The molecule has 0 aliphatic heterocycles. The highest BCUT2D eigenvalue weighted by atomic mass is 35.5. The maximum absolute atomic E-state index is 13.7. The van der Waals surface area contributed by atoms with E-state index in [1.54, 1.807) is 0 Å². The summed E-state index contributed by atoms with van der Waals surface area (Å²) in [4.78, 5) is 18.9. The van der Waals surface area contributed by atoms with E-state index in [9.17, 15) is 26.7 Å². The van der Waals surface area contributed by atoms with Crippen LogP contribution in [-0.2, 0) is 0 Å². The highest BCUT2D eigenvalue weighted by Crippen LogP contribution is 2.24. The van der Waals surface area contributed by atoms with Crippen LogP contribution in [0.3, 0.4) is 0 Å². The second-order valence-corrected chi connectivity index (χ2v) is 4.59. The minimum atomic E-state index is -4.56. The van der Waals surface area contributed by atoms with Crippen molar-refractivity contribution in [3.63, 3.8) is 0 Å². The summed E-state index contributed by atoms with van der Waals surface area (Å²) in [6.07, 6.45) is -2.85. The predicted octanol–water partition coefficient (Wildman–Crippen LogP) is 3.58. The summed E-state index contributed by atoms with van der Waals surface area (Å²) in [5.74, 6) is -3.20. The van der Waals surface area contributed by atoms with Crippen LogP contribution in [0.2, 0.25) is 5.02 Å². The Kier molecular flexibility index (Phi) is 4.79. The monoisotopic (exact) mass is 352 g/mol. The Balaban J connectivity index is 2.19. The Morgan fingerprint density at radius 3 is 2.35 bits per heavy atom.